The van der Waals surface area contributed by atoms with Gasteiger partial charge in [0.2, 0.25) is 0 Å². The average Bonchev–Trinajstić information content (AvgIpc) is 2.46. The van der Waals surface area contributed by atoms with E-state index in [2.05, 4.69) is 10.3 Å². The van der Waals surface area contributed by atoms with E-state index in [0.717, 1.165) is 11.3 Å². The summed E-state index contributed by atoms with van der Waals surface area (Å²) in [6, 6.07) is 5.85. The lowest BCUT2D eigenvalue weighted by molar-refractivity contribution is 0.179. The van der Waals surface area contributed by atoms with Crippen LogP contribution in [0.2, 0.25) is 0 Å². The molecule has 1 aromatic carbocycles. The molecule has 0 bridgehead atoms. The molecule has 3 N–H and O–H groups in total. The molecule has 0 aromatic heterocycles. The summed E-state index contributed by atoms with van der Waals surface area (Å²) in [4.78, 5) is 4.30. The van der Waals surface area contributed by atoms with Gasteiger partial charge in [-0.05, 0) is 31.5 Å². The summed E-state index contributed by atoms with van der Waals surface area (Å²) in [7, 11) is 3.27. The molecule has 0 fully saturated rings. The monoisotopic (exact) mass is 423 g/mol. The van der Waals surface area contributed by atoms with Crippen LogP contribution >= 0.6 is 24.0 Å². The number of nitrogens with two attached hydrogens (primary N) is 1. The van der Waals surface area contributed by atoms with Gasteiger partial charge in [-0.15, -0.1) is 24.0 Å². The van der Waals surface area contributed by atoms with Crippen LogP contribution in [0.1, 0.15) is 19.4 Å². The quantitative estimate of drug-likeness (QED) is 0.381. The highest BCUT2D eigenvalue weighted by Gasteiger charge is 2.06. The lowest BCUT2D eigenvalue weighted by Crippen LogP contribution is -2.40. The number of aliphatic imine (C=N–C) groups is 1. The Morgan fingerprint density at radius 2 is 2.05 bits per heavy atom. The van der Waals surface area contributed by atoms with Crippen LogP contribution in [0.15, 0.2) is 23.2 Å². The predicted molar refractivity (Wildman–Crippen MR) is 99.4 cm³/mol. The Morgan fingerprint density at radius 1 is 1.32 bits per heavy atom. The van der Waals surface area contributed by atoms with E-state index in [1.54, 1.807) is 14.2 Å². The van der Waals surface area contributed by atoms with Crippen molar-refractivity contribution in [3.8, 4) is 11.5 Å². The fourth-order valence-corrected chi connectivity index (χ4v) is 1.85. The van der Waals surface area contributed by atoms with Crippen LogP contribution in [0, 0.1) is 0 Å². The van der Waals surface area contributed by atoms with E-state index in [4.69, 9.17) is 19.9 Å². The topological polar surface area (TPSA) is 78.1 Å². The molecule has 22 heavy (non-hydrogen) atoms. The second-order valence-corrected chi connectivity index (χ2v) is 4.62. The largest absolute Gasteiger partial charge is 0.493 e. The van der Waals surface area contributed by atoms with Gasteiger partial charge in [0.05, 0.1) is 26.9 Å². The minimum atomic E-state index is 0. The second-order valence-electron chi connectivity index (χ2n) is 4.62. The lowest BCUT2D eigenvalue weighted by Gasteiger charge is -2.13. The first kappa shape index (κ1) is 20.8. The van der Waals surface area contributed by atoms with Crippen LogP contribution < -0.4 is 20.5 Å². The van der Waals surface area contributed by atoms with E-state index in [1.807, 2.05) is 32.0 Å². The number of nitrogens with one attached hydrogen (secondary N) is 1. The highest BCUT2D eigenvalue weighted by atomic mass is 127. The Kier molecular flexibility index (Phi) is 10.7. The van der Waals surface area contributed by atoms with Crippen molar-refractivity contribution in [1.82, 2.24) is 5.32 Å². The van der Waals surface area contributed by atoms with E-state index in [9.17, 15) is 0 Å². The van der Waals surface area contributed by atoms with Crippen molar-refractivity contribution in [3.63, 3.8) is 0 Å². The Morgan fingerprint density at radius 3 is 2.64 bits per heavy atom. The number of halogens is 1. The van der Waals surface area contributed by atoms with Gasteiger partial charge in [-0.3, -0.25) is 0 Å². The summed E-state index contributed by atoms with van der Waals surface area (Å²) in [5.74, 6) is 1.82. The summed E-state index contributed by atoms with van der Waals surface area (Å²) in [6.45, 7) is 5.56. The molecule has 1 atom stereocenters. The minimum Gasteiger partial charge on any atom is -0.493 e. The predicted octanol–water partition coefficient (Wildman–Crippen LogP) is 2.15. The number of ether oxygens (including phenoxy) is 3. The van der Waals surface area contributed by atoms with Crippen molar-refractivity contribution in [3.05, 3.63) is 23.8 Å². The van der Waals surface area contributed by atoms with Gasteiger partial charge in [0.1, 0.15) is 0 Å². The summed E-state index contributed by atoms with van der Waals surface area (Å²) in [5.41, 5.74) is 6.83. The fraction of sp³-hybridized carbons (Fsp3) is 0.533. The Balaban J connectivity index is 0.00000441. The Bertz CT molecular complexity index is 469. The second kappa shape index (κ2) is 11.4. The molecule has 0 aliphatic carbocycles. The van der Waals surface area contributed by atoms with Crippen LogP contribution in [-0.2, 0) is 11.3 Å². The van der Waals surface area contributed by atoms with Gasteiger partial charge in [-0.25, -0.2) is 4.99 Å². The first-order valence-corrected chi connectivity index (χ1v) is 6.95. The minimum absolute atomic E-state index is 0. The highest BCUT2D eigenvalue weighted by molar-refractivity contribution is 14.0. The van der Waals surface area contributed by atoms with Crippen LogP contribution in [0.5, 0.6) is 11.5 Å². The molecule has 0 heterocycles. The Labute approximate surface area is 149 Å². The molecule has 1 rings (SSSR count). The zero-order valence-corrected chi connectivity index (χ0v) is 15.9. The summed E-state index contributed by atoms with van der Waals surface area (Å²) in [6.07, 6.45) is 0. The molecular weight excluding hydrogens is 397 g/mol. The number of hydrogen-bond acceptors (Lipinski definition) is 4. The maximum atomic E-state index is 5.83. The third kappa shape index (κ3) is 7.17. The zero-order valence-electron chi connectivity index (χ0n) is 13.6. The molecule has 0 saturated carbocycles. The maximum absolute atomic E-state index is 5.83. The molecule has 6 nitrogen and oxygen atoms in total. The van der Waals surface area contributed by atoms with Crippen molar-refractivity contribution in [2.24, 2.45) is 10.7 Å². The van der Waals surface area contributed by atoms with Crippen LogP contribution in [0.4, 0.5) is 0 Å². The highest BCUT2D eigenvalue weighted by Crippen LogP contribution is 2.28. The molecule has 126 valence electrons. The summed E-state index contributed by atoms with van der Waals surface area (Å²) < 4.78 is 15.8. The van der Waals surface area contributed by atoms with E-state index in [1.165, 1.54) is 0 Å². The van der Waals surface area contributed by atoms with Crippen molar-refractivity contribution in [2.75, 3.05) is 27.4 Å². The van der Waals surface area contributed by atoms with Gasteiger partial charge < -0.3 is 25.3 Å². The number of methoxy groups -OCH3 is 2. The first-order chi connectivity index (χ1) is 10.1. The molecule has 1 aromatic rings. The van der Waals surface area contributed by atoms with Crippen LogP contribution in [-0.4, -0.2) is 39.4 Å². The molecule has 0 radical (unpaired) electrons. The van der Waals surface area contributed by atoms with E-state index < -0.39 is 0 Å². The molecule has 1 unspecified atom stereocenters. The number of hydrogen-bond donors (Lipinski definition) is 2. The van der Waals surface area contributed by atoms with Crippen molar-refractivity contribution < 1.29 is 14.2 Å². The van der Waals surface area contributed by atoms with Gasteiger partial charge in [-0.2, -0.15) is 0 Å². The SMILES string of the molecule is CCOc1ccc(CN=C(N)NC(C)COC)cc1OC.I. The molecule has 7 heteroatoms. The van der Waals surface area contributed by atoms with Crippen molar-refractivity contribution >= 4 is 29.9 Å². The van der Waals surface area contributed by atoms with Gasteiger partial charge in [0.15, 0.2) is 17.5 Å². The zero-order chi connectivity index (χ0) is 15.7. The summed E-state index contributed by atoms with van der Waals surface area (Å²) >= 11 is 0. The van der Waals surface area contributed by atoms with E-state index >= 15 is 0 Å². The molecule has 0 aliphatic rings. The smallest absolute Gasteiger partial charge is 0.189 e. The number of nitrogens with zero attached hydrogens (tertiary/aromatic N) is 1. The van der Waals surface area contributed by atoms with E-state index in [0.29, 0.717) is 31.5 Å². The molecule has 0 spiro atoms. The number of rotatable bonds is 8. The van der Waals surface area contributed by atoms with Crippen molar-refractivity contribution in [1.29, 1.82) is 0 Å². The summed E-state index contributed by atoms with van der Waals surface area (Å²) in [5, 5.41) is 3.06. The van der Waals surface area contributed by atoms with Crippen LogP contribution in [0.25, 0.3) is 0 Å². The van der Waals surface area contributed by atoms with Crippen LogP contribution in [0.3, 0.4) is 0 Å². The molecular formula is C15H26IN3O3. The third-order valence-electron chi connectivity index (χ3n) is 2.77. The van der Waals surface area contributed by atoms with Gasteiger partial charge in [0.25, 0.3) is 0 Å². The van der Waals surface area contributed by atoms with Gasteiger partial charge >= 0.3 is 0 Å². The number of benzene rings is 1. The standard InChI is InChI=1S/C15H25N3O3.HI/c1-5-21-13-7-6-12(8-14(13)20-4)9-17-15(16)18-11(2)10-19-3;/h6-8,11H,5,9-10H2,1-4H3,(H3,16,17,18);1H. The molecule has 0 aliphatic heterocycles. The van der Waals surface area contributed by atoms with Gasteiger partial charge in [-0.1, -0.05) is 6.07 Å². The van der Waals surface area contributed by atoms with E-state index in [-0.39, 0.29) is 30.0 Å². The number of guanidine groups is 1. The molecule has 0 saturated heterocycles. The fourth-order valence-electron chi connectivity index (χ4n) is 1.85. The average molecular weight is 423 g/mol. The molecule has 0 amide bonds. The third-order valence-corrected chi connectivity index (χ3v) is 2.77. The Hall–Kier alpha value is -1.22. The maximum Gasteiger partial charge on any atom is 0.189 e. The van der Waals surface area contributed by atoms with Gasteiger partial charge in [0, 0.05) is 13.2 Å². The first-order valence-electron chi connectivity index (χ1n) is 6.95. The normalized spacial score (nSPS) is 12.3. The lowest BCUT2D eigenvalue weighted by atomic mass is 10.2. The van der Waals surface area contributed by atoms with Crippen molar-refractivity contribution in [2.45, 2.75) is 26.4 Å².